The van der Waals surface area contributed by atoms with Gasteiger partial charge in [-0.3, -0.25) is 19.2 Å². The zero-order valence-corrected chi connectivity index (χ0v) is 21.8. The molecule has 0 aliphatic carbocycles. The zero-order valence-electron chi connectivity index (χ0n) is 21.8. The fourth-order valence-corrected chi connectivity index (χ4v) is 4.59. The molecular weight excluding hydrogens is 460 g/mol. The van der Waals surface area contributed by atoms with Gasteiger partial charge in [0, 0.05) is 13.0 Å². The van der Waals surface area contributed by atoms with E-state index in [1.54, 1.807) is 11.8 Å². The number of epoxide rings is 1. The molecule has 1 aromatic rings. The van der Waals surface area contributed by atoms with Gasteiger partial charge in [0.15, 0.2) is 5.78 Å². The summed E-state index contributed by atoms with van der Waals surface area (Å²) in [7, 11) is 0. The normalized spacial score (nSPS) is 22.7. The average Bonchev–Trinajstić information content (AvgIpc) is 3.40. The number of ketones is 1. The number of Topliss-reactive ketones (excluding diaryl/α,β-unsaturated/α-hetero) is 1. The molecule has 3 N–H and O–H groups in total. The first-order chi connectivity index (χ1) is 17.1. The first-order valence-corrected chi connectivity index (χ1v) is 13.0. The molecule has 0 bridgehead atoms. The van der Waals surface area contributed by atoms with Gasteiger partial charge < -0.3 is 25.6 Å². The van der Waals surface area contributed by atoms with Gasteiger partial charge in [0.25, 0.3) is 0 Å². The Morgan fingerprint density at radius 2 is 1.81 bits per heavy atom. The zero-order chi connectivity index (χ0) is 26.3. The van der Waals surface area contributed by atoms with Gasteiger partial charge in [-0.05, 0) is 44.2 Å². The number of benzene rings is 1. The fraction of sp³-hybridized carbons (Fsp3) is 0.630. The first kappa shape index (κ1) is 27.8. The highest BCUT2D eigenvalue weighted by Gasteiger charge is 2.50. The van der Waals surface area contributed by atoms with Crippen LogP contribution in [0, 0.1) is 5.92 Å². The van der Waals surface area contributed by atoms with Crippen LogP contribution in [0.25, 0.3) is 0 Å². The third-order valence-electron chi connectivity index (χ3n) is 6.76. The van der Waals surface area contributed by atoms with E-state index < -0.39 is 29.6 Å². The molecular formula is C27H40N4O5. The molecule has 0 spiro atoms. The molecule has 198 valence electrons. The lowest BCUT2D eigenvalue weighted by Crippen LogP contribution is -2.57. The van der Waals surface area contributed by atoms with Gasteiger partial charge in [-0.1, -0.05) is 51.1 Å². The summed E-state index contributed by atoms with van der Waals surface area (Å²) in [5, 5.41) is 8.80. The summed E-state index contributed by atoms with van der Waals surface area (Å²) < 4.78 is 5.34. The topological polar surface area (TPSA) is 120 Å². The fourth-order valence-electron chi connectivity index (χ4n) is 4.59. The van der Waals surface area contributed by atoms with Gasteiger partial charge in [-0.15, -0.1) is 0 Å². The first-order valence-electron chi connectivity index (χ1n) is 13.0. The van der Waals surface area contributed by atoms with Crippen LogP contribution in [0.4, 0.5) is 0 Å². The van der Waals surface area contributed by atoms with E-state index in [0.717, 1.165) is 12.0 Å². The Bertz CT molecular complexity index is 931. The van der Waals surface area contributed by atoms with Crippen LogP contribution in [0.2, 0.25) is 0 Å². The summed E-state index contributed by atoms with van der Waals surface area (Å²) in [4.78, 5) is 54.0. The number of hydrogen-bond donors (Lipinski definition) is 3. The van der Waals surface area contributed by atoms with E-state index >= 15 is 0 Å². The van der Waals surface area contributed by atoms with Crippen molar-refractivity contribution in [3.63, 3.8) is 0 Å². The number of nitrogens with zero attached hydrogens (tertiary/aromatic N) is 1. The Hall–Kier alpha value is -2.78. The molecule has 0 radical (unpaired) electrons. The summed E-state index contributed by atoms with van der Waals surface area (Å²) in [6, 6.07) is 7.22. The number of ether oxygens (including phenoxy) is 1. The molecule has 3 amide bonds. The summed E-state index contributed by atoms with van der Waals surface area (Å²) in [5.74, 6) is -0.862. The van der Waals surface area contributed by atoms with Crippen molar-refractivity contribution in [1.82, 2.24) is 20.9 Å². The van der Waals surface area contributed by atoms with Crippen molar-refractivity contribution in [1.29, 1.82) is 0 Å². The smallest absolute Gasteiger partial charge is 0.243 e. The number of carbonyl (C=O) groups is 4. The predicted molar refractivity (Wildman–Crippen MR) is 136 cm³/mol. The van der Waals surface area contributed by atoms with E-state index in [-0.39, 0.29) is 36.5 Å². The van der Waals surface area contributed by atoms with Crippen molar-refractivity contribution in [2.24, 2.45) is 5.92 Å². The molecule has 9 heteroatoms. The lowest BCUT2D eigenvalue weighted by atomic mass is 9.93. The average molecular weight is 501 g/mol. The molecule has 2 aliphatic heterocycles. The number of likely N-dealkylation sites (N-methyl/N-ethyl adjacent to an activating group) is 1. The second kappa shape index (κ2) is 12.5. The van der Waals surface area contributed by atoms with Gasteiger partial charge in [0.2, 0.25) is 17.7 Å². The van der Waals surface area contributed by atoms with Gasteiger partial charge in [-0.25, -0.2) is 0 Å². The van der Waals surface area contributed by atoms with Crippen molar-refractivity contribution < 1.29 is 23.9 Å². The molecule has 3 rings (SSSR count). The maximum absolute atomic E-state index is 13.5. The third-order valence-corrected chi connectivity index (χ3v) is 6.76. The number of likely N-dealkylation sites (tertiary alicyclic amines) is 1. The van der Waals surface area contributed by atoms with Crippen LogP contribution >= 0.6 is 0 Å². The Labute approximate surface area is 213 Å². The van der Waals surface area contributed by atoms with Crippen LogP contribution in [-0.4, -0.2) is 78.4 Å². The quantitative estimate of drug-likeness (QED) is 0.350. The molecule has 0 aromatic heterocycles. The van der Waals surface area contributed by atoms with Crippen molar-refractivity contribution >= 4 is 23.5 Å². The van der Waals surface area contributed by atoms with Gasteiger partial charge >= 0.3 is 0 Å². The summed E-state index contributed by atoms with van der Waals surface area (Å²) in [6.07, 6.45) is 2.03. The lowest BCUT2D eigenvalue weighted by Gasteiger charge is -2.28. The molecule has 1 unspecified atom stereocenters. The molecule has 2 saturated heterocycles. The molecule has 2 heterocycles. The number of rotatable bonds is 13. The molecule has 2 fully saturated rings. The standard InChI is InChI=1S/C27H40N4O5/c1-5-28-16-23(32)31-13-9-12-22(31)26(35)30-21(15-19-10-7-6-8-11-19)25(34)29-20(14-18(2)3)24(33)27(4)17-36-27/h6-8,10-11,18,20-22,28H,5,9,12-17H2,1-4H3,(H,29,34)(H,30,35)/t20?,21-,22-,27+/m0/s1. The lowest BCUT2D eigenvalue weighted by molar-refractivity contribution is -0.139. The highest BCUT2D eigenvalue weighted by molar-refractivity contribution is 5.98. The SMILES string of the molecule is CCNCC(=O)N1CCC[C@H]1C(=O)N[C@@H](Cc1ccccc1)C(=O)NC(CC(C)C)C(=O)[C@@]1(C)CO1. The highest BCUT2D eigenvalue weighted by atomic mass is 16.6. The van der Waals surface area contributed by atoms with Gasteiger partial charge in [0.05, 0.1) is 19.2 Å². The highest BCUT2D eigenvalue weighted by Crippen LogP contribution is 2.29. The van der Waals surface area contributed by atoms with Crippen molar-refractivity contribution in [2.75, 3.05) is 26.2 Å². The maximum Gasteiger partial charge on any atom is 0.243 e. The number of carbonyl (C=O) groups excluding carboxylic acids is 4. The Kier molecular flexibility index (Phi) is 9.62. The van der Waals surface area contributed by atoms with Crippen LogP contribution in [-0.2, 0) is 30.3 Å². The monoisotopic (exact) mass is 500 g/mol. The maximum atomic E-state index is 13.5. The van der Waals surface area contributed by atoms with Crippen LogP contribution in [0.5, 0.6) is 0 Å². The minimum absolute atomic E-state index is 0.126. The second-order valence-electron chi connectivity index (χ2n) is 10.4. The third kappa shape index (κ3) is 7.36. The van der Waals surface area contributed by atoms with Gasteiger partial charge in [0.1, 0.15) is 17.7 Å². The molecule has 4 atom stereocenters. The van der Waals surface area contributed by atoms with Crippen molar-refractivity contribution in [3.05, 3.63) is 35.9 Å². The van der Waals surface area contributed by atoms with Crippen LogP contribution < -0.4 is 16.0 Å². The van der Waals surface area contributed by atoms with Crippen LogP contribution in [0.3, 0.4) is 0 Å². The van der Waals surface area contributed by atoms with E-state index in [9.17, 15) is 19.2 Å². The second-order valence-corrected chi connectivity index (χ2v) is 10.4. The van der Waals surface area contributed by atoms with E-state index in [2.05, 4.69) is 16.0 Å². The number of amides is 3. The molecule has 1 aromatic carbocycles. The predicted octanol–water partition coefficient (Wildman–Crippen LogP) is 1.20. The Balaban J connectivity index is 1.75. The molecule has 9 nitrogen and oxygen atoms in total. The minimum atomic E-state index is -0.887. The number of nitrogens with one attached hydrogen (secondary N) is 3. The summed E-state index contributed by atoms with van der Waals surface area (Å²) in [5.41, 5.74) is 0.0241. The summed E-state index contributed by atoms with van der Waals surface area (Å²) in [6.45, 7) is 9.33. The number of hydrogen-bond acceptors (Lipinski definition) is 6. The van der Waals surface area contributed by atoms with E-state index in [4.69, 9.17) is 4.74 Å². The van der Waals surface area contributed by atoms with E-state index in [1.807, 2.05) is 51.1 Å². The van der Waals surface area contributed by atoms with Gasteiger partial charge in [-0.2, -0.15) is 0 Å². The Morgan fingerprint density at radius 1 is 1.11 bits per heavy atom. The largest absolute Gasteiger partial charge is 0.361 e. The van der Waals surface area contributed by atoms with Crippen molar-refractivity contribution in [3.8, 4) is 0 Å². The van der Waals surface area contributed by atoms with Crippen molar-refractivity contribution in [2.45, 2.75) is 77.1 Å². The van der Waals surface area contributed by atoms with E-state index in [0.29, 0.717) is 32.5 Å². The summed E-state index contributed by atoms with van der Waals surface area (Å²) >= 11 is 0. The van der Waals surface area contributed by atoms with Crippen LogP contribution in [0.1, 0.15) is 52.5 Å². The molecule has 2 aliphatic rings. The van der Waals surface area contributed by atoms with E-state index in [1.165, 1.54) is 0 Å². The minimum Gasteiger partial charge on any atom is -0.361 e. The molecule has 36 heavy (non-hydrogen) atoms. The molecule has 0 saturated carbocycles. The van der Waals surface area contributed by atoms with Crippen LogP contribution in [0.15, 0.2) is 30.3 Å². The Morgan fingerprint density at radius 3 is 2.42 bits per heavy atom.